The number of nitrogens with one attached hydrogen (secondary N) is 1. The lowest BCUT2D eigenvalue weighted by molar-refractivity contribution is 0.115. The van der Waals surface area contributed by atoms with Crippen LogP contribution in [0, 0.1) is 0 Å². The van der Waals surface area contributed by atoms with Crippen LogP contribution in [0.3, 0.4) is 0 Å². The van der Waals surface area contributed by atoms with Gasteiger partial charge in [-0.2, -0.15) is 0 Å². The summed E-state index contributed by atoms with van der Waals surface area (Å²) < 4.78 is 0. The second kappa shape index (κ2) is 6.62. The van der Waals surface area contributed by atoms with Crippen molar-refractivity contribution < 1.29 is 4.84 Å². The molecule has 0 amide bonds. The molecule has 0 aliphatic heterocycles. The Balaban J connectivity index is 3.55. The van der Waals surface area contributed by atoms with Crippen molar-refractivity contribution in [3.8, 4) is 0 Å². The van der Waals surface area contributed by atoms with Crippen molar-refractivity contribution in [1.82, 2.24) is 5.48 Å². The number of allylic oxidation sites excluding steroid dienone is 2. The topological polar surface area (TPSA) is 21.3 Å². The van der Waals surface area contributed by atoms with E-state index in [1.165, 1.54) is 12.1 Å². The first-order valence-corrected chi connectivity index (χ1v) is 3.83. The molecule has 0 aromatic carbocycles. The van der Waals surface area contributed by atoms with E-state index in [1.54, 1.807) is 7.11 Å². The van der Waals surface area contributed by atoms with Crippen LogP contribution in [0.5, 0.6) is 0 Å². The summed E-state index contributed by atoms with van der Waals surface area (Å²) in [6.07, 6.45) is 5.49. The van der Waals surface area contributed by atoms with Gasteiger partial charge in [0.2, 0.25) is 0 Å². The third-order valence-electron chi connectivity index (χ3n) is 1.29. The van der Waals surface area contributed by atoms with Gasteiger partial charge in [-0.3, -0.25) is 10.3 Å². The first-order valence-electron chi connectivity index (χ1n) is 3.83. The van der Waals surface area contributed by atoms with Gasteiger partial charge < -0.3 is 0 Å². The minimum atomic E-state index is 1.01. The third-order valence-corrected chi connectivity index (χ3v) is 1.29. The van der Waals surface area contributed by atoms with Crippen LogP contribution in [0.4, 0.5) is 0 Å². The Kier molecular flexibility index (Phi) is 6.29. The molecule has 0 aliphatic carbocycles. The average molecular weight is 143 g/mol. The molecule has 0 unspecified atom stereocenters. The van der Waals surface area contributed by atoms with Gasteiger partial charge in [-0.05, 0) is 12.8 Å². The van der Waals surface area contributed by atoms with E-state index in [0.717, 1.165) is 12.8 Å². The molecule has 0 saturated carbocycles. The molecule has 10 heavy (non-hydrogen) atoms. The molecule has 0 aromatic rings. The average Bonchev–Trinajstić information content (AvgIpc) is 1.98. The number of hydroxylamine groups is 1. The van der Waals surface area contributed by atoms with Gasteiger partial charge in [0.25, 0.3) is 0 Å². The Bertz CT molecular complexity index is 99.4. The van der Waals surface area contributed by atoms with Crippen molar-refractivity contribution in [2.45, 2.75) is 33.1 Å². The van der Waals surface area contributed by atoms with Crippen molar-refractivity contribution >= 4 is 0 Å². The molecular weight excluding hydrogens is 126 g/mol. The third kappa shape index (κ3) is 4.39. The maximum atomic E-state index is 4.77. The molecule has 0 rings (SSSR count). The van der Waals surface area contributed by atoms with Crippen molar-refractivity contribution in [3.63, 3.8) is 0 Å². The molecule has 60 valence electrons. The fraction of sp³-hybridized carbons (Fsp3) is 0.750. The van der Waals surface area contributed by atoms with Gasteiger partial charge >= 0.3 is 0 Å². The molecule has 0 aromatic heterocycles. The monoisotopic (exact) mass is 143 g/mol. The summed E-state index contributed by atoms with van der Waals surface area (Å²) in [4.78, 5) is 4.77. The molecule has 0 atom stereocenters. The highest BCUT2D eigenvalue weighted by molar-refractivity contribution is 4.95. The van der Waals surface area contributed by atoms with Crippen LogP contribution in [0.2, 0.25) is 0 Å². The van der Waals surface area contributed by atoms with Crippen molar-refractivity contribution in [1.29, 1.82) is 0 Å². The van der Waals surface area contributed by atoms with Gasteiger partial charge in [0.05, 0.1) is 7.11 Å². The van der Waals surface area contributed by atoms with Gasteiger partial charge in [0.15, 0.2) is 0 Å². The highest BCUT2D eigenvalue weighted by Crippen LogP contribution is 1.99. The Morgan fingerprint density at radius 2 is 2.20 bits per heavy atom. The fourth-order valence-corrected chi connectivity index (χ4v) is 0.708. The molecule has 2 heteroatoms. The van der Waals surface area contributed by atoms with Gasteiger partial charge in [-0.1, -0.05) is 26.3 Å². The molecule has 0 spiro atoms. The van der Waals surface area contributed by atoms with Crippen LogP contribution in [0.15, 0.2) is 11.8 Å². The molecular formula is C8H17NO. The summed E-state index contributed by atoms with van der Waals surface area (Å²) in [5.41, 5.74) is 4.00. The lowest BCUT2D eigenvalue weighted by Gasteiger charge is -2.04. The van der Waals surface area contributed by atoms with Crippen LogP contribution in [0.25, 0.3) is 0 Å². The SMILES string of the molecule is CCCC=C(CC)NOC. The van der Waals surface area contributed by atoms with Gasteiger partial charge in [0, 0.05) is 5.70 Å². The van der Waals surface area contributed by atoms with E-state index in [4.69, 9.17) is 4.84 Å². The largest absolute Gasteiger partial charge is 0.280 e. The minimum Gasteiger partial charge on any atom is -0.280 e. The molecule has 0 aliphatic rings. The second-order valence-corrected chi connectivity index (χ2v) is 2.18. The molecule has 2 nitrogen and oxygen atoms in total. The minimum absolute atomic E-state index is 1.01. The zero-order valence-electron chi connectivity index (χ0n) is 7.11. The van der Waals surface area contributed by atoms with E-state index < -0.39 is 0 Å². The van der Waals surface area contributed by atoms with Gasteiger partial charge in [0.1, 0.15) is 0 Å². The standard InChI is InChI=1S/C8H17NO/c1-4-6-7-8(5-2)9-10-3/h7,9H,4-6H2,1-3H3. The summed E-state index contributed by atoms with van der Waals surface area (Å²) in [7, 11) is 1.63. The Morgan fingerprint density at radius 3 is 2.60 bits per heavy atom. The number of unbranched alkanes of at least 4 members (excludes halogenated alkanes) is 1. The second-order valence-electron chi connectivity index (χ2n) is 2.18. The summed E-state index contributed by atoms with van der Waals surface area (Å²) >= 11 is 0. The number of rotatable bonds is 5. The van der Waals surface area contributed by atoms with Crippen LogP contribution in [-0.2, 0) is 4.84 Å². The van der Waals surface area contributed by atoms with Crippen molar-refractivity contribution in [2.75, 3.05) is 7.11 Å². The predicted molar refractivity (Wildman–Crippen MR) is 43.4 cm³/mol. The lowest BCUT2D eigenvalue weighted by atomic mass is 10.2. The quantitative estimate of drug-likeness (QED) is 0.596. The molecule has 0 saturated heterocycles. The highest BCUT2D eigenvalue weighted by Gasteiger charge is 1.88. The zero-order chi connectivity index (χ0) is 7.82. The molecule has 0 heterocycles. The molecule has 1 N–H and O–H groups in total. The van der Waals surface area contributed by atoms with Gasteiger partial charge in [-0.25, -0.2) is 0 Å². The molecule has 0 radical (unpaired) electrons. The van der Waals surface area contributed by atoms with Crippen LogP contribution >= 0.6 is 0 Å². The van der Waals surface area contributed by atoms with Crippen LogP contribution < -0.4 is 5.48 Å². The highest BCUT2D eigenvalue weighted by atomic mass is 16.6. The van der Waals surface area contributed by atoms with E-state index in [0.29, 0.717) is 0 Å². The van der Waals surface area contributed by atoms with Crippen LogP contribution in [-0.4, -0.2) is 7.11 Å². The molecule has 0 bridgehead atoms. The van der Waals surface area contributed by atoms with E-state index in [2.05, 4.69) is 25.4 Å². The first-order chi connectivity index (χ1) is 4.85. The summed E-state index contributed by atoms with van der Waals surface area (Å²) in [6.45, 7) is 4.27. The normalized spacial score (nSPS) is 11.7. The van der Waals surface area contributed by atoms with Gasteiger partial charge in [-0.15, -0.1) is 0 Å². The predicted octanol–water partition coefficient (Wildman–Crippen LogP) is 2.23. The maximum Gasteiger partial charge on any atom is 0.0636 e. The smallest absolute Gasteiger partial charge is 0.0636 e. The maximum absolute atomic E-state index is 4.77. The van der Waals surface area contributed by atoms with E-state index in [1.807, 2.05) is 0 Å². The fourth-order valence-electron chi connectivity index (χ4n) is 0.708. The van der Waals surface area contributed by atoms with E-state index in [-0.39, 0.29) is 0 Å². The molecule has 0 fully saturated rings. The summed E-state index contributed by atoms with van der Waals surface area (Å²) in [5.74, 6) is 0. The number of hydrogen-bond donors (Lipinski definition) is 1. The first kappa shape index (κ1) is 9.50. The zero-order valence-corrected chi connectivity index (χ0v) is 7.11. The van der Waals surface area contributed by atoms with Crippen molar-refractivity contribution in [3.05, 3.63) is 11.8 Å². The Labute approximate surface area is 63.2 Å². The van der Waals surface area contributed by atoms with E-state index >= 15 is 0 Å². The van der Waals surface area contributed by atoms with E-state index in [9.17, 15) is 0 Å². The van der Waals surface area contributed by atoms with Crippen molar-refractivity contribution in [2.24, 2.45) is 0 Å². The summed E-state index contributed by atoms with van der Waals surface area (Å²) in [5, 5.41) is 0. The number of hydrogen-bond acceptors (Lipinski definition) is 2. The lowest BCUT2D eigenvalue weighted by Crippen LogP contribution is -2.09. The Hall–Kier alpha value is -0.500. The summed E-state index contributed by atoms with van der Waals surface area (Å²) in [6, 6.07) is 0. The van der Waals surface area contributed by atoms with Crippen LogP contribution in [0.1, 0.15) is 33.1 Å². The Morgan fingerprint density at radius 1 is 1.50 bits per heavy atom.